The Bertz CT molecular complexity index is 1220. The molecule has 0 fully saturated rings. The van der Waals surface area contributed by atoms with E-state index >= 15 is 0 Å². The number of nitrogens with two attached hydrogens (primary N) is 1. The van der Waals surface area contributed by atoms with Crippen LogP contribution in [0.25, 0.3) is 16.6 Å². The summed E-state index contributed by atoms with van der Waals surface area (Å²) in [7, 11) is 0. The van der Waals surface area contributed by atoms with Crippen molar-refractivity contribution in [2.45, 2.75) is 20.5 Å². The van der Waals surface area contributed by atoms with Gasteiger partial charge in [-0.1, -0.05) is 0 Å². The van der Waals surface area contributed by atoms with Gasteiger partial charge in [0, 0.05) is 22.9 Å². The number of pyridine rings is 1. The highest BCUT2D eigenvalue weighted by atomic mass is 19.2. The third-order valence-corrected chi connectivity index (χ3v) is 4.65. The van der Waals surface area contributed by atoms with Gasteiger partial charge in [0.05, 0.1) is 28.9 Å². The van der Waals surface area contributed by atoms with Crippen molar-refractivity contribution in [3.05, 3.63) is 68.3 Å². The number of halogens is 3. The topological polar surface area (TPSA) is 106 Å². The number of carbonyl (C=O) groups is 1. The molecule has 28 heavy (non-hydrogen) atoms. The molecule has 0 aliphatic heterocycles. The molecule has 0 unspecified atom stereocenters. The first-order valence-electron chi connectivity index (χ1n) is 8.06. The van der Waals surface area contributed by atoms with Crippen molar-refractivity contribution in [1.29, 1.82) is 0 Å². The number of hydrogen-bond acceptors (Lipinski definition) is 4. The van der Waals surface area contributed by atoms with Crippen molar-refractivity contribution < 1.29 is 28.2 Å². The van der Waals surface area contributed by atoms with Crippen LogP contribution in [0.5, 0.6) is 0 Å². The molecule has 6 nitrogen and oxygen atoms in total. The van der Waals surface area contributed by atoms with Gasteiger partial charge in [-0.3, -0.25) is 4.79 Å². The van der Waals surface area contributed by atoms with E-state index in [4.69, 9.17) is 5.73 Å². The number of aromatic carboxylic acids is 1. The monoisotopic (exact) mass is 392 g/mol. The molecule has 0 aliphatic rings. The minimum Gasteiger partial charge on any atom is -0.477 e. The summed E-state index contributed by atoms with van der Waals surface area (Å²) in [5.41, 5.74) is 2.92. The van der Waals surface area contributed by atoms with Gasteiger partial charge in [0.2, 0.25) is 5.43 Å². The molecule has 0 atom stereocenters. The van der Waals surface area contributed by atoms with Gasteiger partial charge in [0.25, 0.3) is 0 Å². The molecule has 9 heteroatoms. The van der Waals surface area contributed by atoms with Crippen LogP contribution in [0, 0.1) is 31.3 Å². The fourth-order valence-electron chi connectivity index (χ4n) is 3.19. The molecule has 1 heterocycles. The summed E-state index contributed by atoms with van der Waals surface area (Å²) in [6.07, 6.45) is 0.919. The van der Waals surface area contributed by atoms with E-state index in [2.05, 4.69) is 0 Å². The van der Waals surface area contributed by atoms with E-state index in [1.807, 2.05) is 0 Å². The maximum atomic E-state index is 14.4. The van der Waals surface area contributed by atoms with Crippen molar-refractivity contribution in [1.82, 2.24) is 4.57 Å². The van der Waals surface area contributed by atoms with Gasteiger partial charge in [0.1, 0.15) is 11.4 Å². The van der Waals surface area contributed by atoms with E-state index in [0.29, 0.717) is 0 Å². The highest BCUT2D eigenvalue weighted by Crippen LogP contribution is 2.31. The summed E-state index contributed by atoms with van der Waals surface area (Å²) >= 11 is 0. The zero-order chi connectivity index (χ0) is 20.9. The molecule has 2 aromatic carbocycles. The van der Waals surface area contributed by atoms with Crippen molar-refractivity contribution in [2.24, 2.45) is 0 Å². The van der Waals surface area contributed by atoms with Crippen molar-refractivity contribution >= 4 is 22.6 Å². The maximum absolute atomic E-state index is 14.4. The summed E-state index contributed by atoms with van der Waals surface area (Å²) in [5, 5.41) is 18.6. The van der Waals surface area contributed by atoms with Crippen LogP contribution in [0.3, 0.4) is 0 Å². The Morgan fingerprint density at radius 2 is 1.75 bits per heavy atom. The fourth-order valence-corrected chi connectivity index (χ4v) is 3.19. The zero-order valence-electron chi connectivity index (χ0n) is 14.8. The van der Waals surface area contributed by atoms with E-state index in [9.17, 15) is 33.0 Å². The van der Waals surface area contributed by atoms with Crippen molar-refractivity contribution in [3.63, 3.8) is 0 Å². The summed E-state index contributed by atoms with van der Waals surface area (Å²) in [4.78, 5) is 24.2. The Morgan fingerprint density at radius 1 is 1.14 bits per heavy atom. The van der Waals surface area contributed by atoms with Gasteiger partial charge in [-0.15, -0.1) is 0 Å². The average Bonchev–Trinajstić information content (AvgIpc) is 2.65. The molecular weight excluding hydrogens is 377 g/mol. The number of fused-ring (bicyclic) bond motifs is 1. The lowest BCUT2D eigenvalue weighted by Crippen LogP contribution is -2.21. The number of hydrogen-bond donors (Lipinski definition) is 3. The predicted octanol–water partition coefficient (Wildman–Crippen LogP) is 2.80. The van der Waals surface area contributed by atoms with Crippen LogP contribution in [0.15, 0.2) is 23.1 Å². The number of benzene rings is 2. The van der Waals surface area contributed by atoms with Gasteiger partial charge in [-0.2, -0.15) is 0 Å². The summed E-state index contributed by atoms with van der Waals surface area (Å²) < 4.78 is 43.6. The first kappa shape index (κ1) is 19.4. The Labute approximate surface area is 156 Å². The predicted molar refractivity (Wildman–Crippen MR) is 96.2 cm³/mol. The third-order valence-electron chi connectivity index (χ3n) is 4.65. The minimum atomic E-state index is -1.58. The molecule has 0 saturated heterocycles. The highest BCUT2D eigenvalue weighted by molar-refractivity contribution is 5.95. The second-order valence-corrected chi connectivity index (χ2v) is 6.31. The Hall–Kier alpha value is -3.33. The largest absolute Gasteiger partial charge is 0.477 e. The molecule has 1 aromatic heterocycles. The van der Waals surface area contributed by atoms with E-state index in [-0.39, 0.29) is 39.0 Å². The molecule has 3 aromatic rings. The van der Waals surface area contributed by atoms with E-state index < -0.39 is 41.0 Å². The summed E-state index contributed by atoms with van der Waals surface area (Å²) in [6.45, 7) is 1.73. The molecule has 3 rings (SSSR count). The number of aryl methyl sites for hydroxylation is 2. The number of nitrogen functional groups attached to an aromatic ring is 1. The van der Waals surface area contributed by atoms with Gasteiger partial charge >= 0.3 is 5.97 Å². The van der Waals surface area contributed by atoms with E-state index in [1.54, 1.807) is 0 Å². The van der Waals surface area contributed by atoms with E-state index in [0.717, 1.165) is 29.8 Å². The number of anilines is 1. The standard InChI is InChI=1S/C19H15F3N2O4/c1-7-14-17(8(2)16(22)15(7)21)24(5-10(18(14)26)19(27)28)13-4-12(23)11(20)3-9(13)6-25/h3-5,25H,6,23H2,1-2H3,(H,27,28). The van der Waals surface area contributed by atoms with Gasteiger partial charge < -0.3 is 20.5 Å². The number of nitrogens with zero attached hydrogens (tertiary/aromatic N) is 1. The number of carboxylic acid groups (broad SMARTS) is 1. The average molecular weight is 392 g/mol. The smallest absolute Gasteiger partial charge is 0.341 e. The van der Waals surface area contributed by atoms with Crippen LogP contribution in [-0.4, -0.2) is 20.7 Å². The van der Waals surface area contributed by atoms with Crippen LogP contribution < -0.4 is 11.2 Å². The Balaban J connectivity index is 2.65. The van der Waals surface area contributed by atoms with Crippen LogP contribution >= 0.6 is 0 Å². The van der Waals surface area contributed by atoms with Crippen LogP contribution in [-0.2, 0) is 6.61 Å². The van der Waals surface area contributed by atoms with Crippen molar-refractivity contribution in [2.75, 3.05) is 5.73 Å². The number of rotatable bonds is 3. The summed E-state index contributed by atoms with van der Waals surface area (Å²) in [5.74, 6) is -4.87. The third kappa shape index (κ3) is 2.71. The second kappa shape index (κ2) is 6.68. The molecular formula is C19H15F3N2O4. The number of aliphatic hydroxyl groups is 1. The van der Waals surface area contributed by atoms with E-state index in [1.165, 1.54) is 6.92 Å². The van der Waals surface area contributed by atoms with Crippen LogP contribution in [0.2, 0.25) is 0 Å². The van der Waals surface area contributed by atoms with Crippen LogP contribution in [0.1, 0.15) is 27.0 Å². The summed E-state index contributed by atoms with van der Waals surface area (Å²) in [6, 6.07) is 2.06. The molecule has 146 valence electrons. The highest BCUT2D eigenvalue weighted by Gasteiger charge is 2.24. The first-order chi connectivity index (χ1) is 13.1. The Kier molecular flexibility index (Phi) is 4.64. The number of aliphatic hydroxyl groups excluding tert-OH is 1. The second-order valence-electron chi connectivity index (χ2n) is 6.31. The van der Waals surface area contributed by atoms with Crippen molar-refractivity contribution in [3.8, 4) is 5.69 Å². The number of aromatic nitrogens is 1. The minimum absolute atomic E-state index is 0.00905. The van der Waals surface area contributed by atoms with Crippen LogP contribution in [0.4, 0.5) is 18.9 Å². The first-order valence-corrected chi connectivity index (χ1v) is 8.06. The zero-order valence-corrected chi connectivity index (χ0v) is 14.8. The molecule has 0 aliphatic carbocycles. The molecule has 0 saturated carbocycles. The Morgan fingerprint density at radius 3 is 2.32 bits per heavy atom. The molecule has 4 N–H and O–H groups in total. The molecule has 0 bridgehead atoms. The lowest BCUT2D eigenvalue weighted by molar-refractivity contribution is 0.0695. The van der Waals surface area contributed by atoms with Gasteiger partial charge in [0.15, 0.2) is 11.6 Å². The normalized spacial score (nSPS) is 11.2. The molecule has 0 spiro atoms. The maximum Gasteiger partial charge on any atom is 0.341 e. The molecule has 0 amide bonds. The lowest BCUT2D eigenvalue weighted by Gasteiger charge is -2.19. The lowest BCUT2D eigenvalue weighted by atomic mass is 10.0. The fraction of sp³-hybridized carbons (Fsp3) is 0.158. The SMILES string of the molecule is Cc1c(F)c(F)c(C)c2c1c(=O)c(C(=O)O)cn2-c1cc(N)c(F)cc1CO. The number of carboxylic acids is 1. The quantitative estimate of drug-likeness (QED) is 0.595. The molecule has 0 radical (unpaired) electrons. The van der Waals surface area contributed by atoms with Gasteiger partial charge in [-0.05, 0) is 26.0 Å². The van der Waals surface area contributed by atoms with Gasteiger partial charge in [-0.25, -0.2) is 18.0 Å².